The predicted molar refractivity (Wildman–Crippen MR) is 95.0 cm³/mol. The van der Waals surface area contributed by atoms with Crippen LogP contribution in [0, 0.1) is 6.92 Å². The summed E-state index contributed by atoms with van der Waals surface area (Å²) >= 11 is 0. The van der Waals surface area contributed by atoms with Gasteiger partial charge in [-0.05, 0) is 38.8 Å². The third kappa shape index (κ3) is 5.28. The number of benzene rings is 2. The number of hydrogen-bond donors (Lipinski definition) is 2. The minimum absolute atomic E-state index is 0.0408. The summed E-state index contributed by atoms with van der Waals surface area (Å²) in [6, 6.07) is 19.6. The first kappa shape index (κ1) is 16.7. The molecule has 0 heterocycles. The summed E-state index contributed by atoms with van der Waals surface area (Å²) < 4.78 is 0. The van der Waals surface area contributed by atoms with Gasteiger partial charge in [-0.25, -0.2) is 0 Å². The molecule has 1 atom stereocenters. The number of nitrogens with one attached hydrogen (secondary N) is 2. The molecule has 0 spiro atoms. The zero-order chi connectivity index (χ0) is 16.0. The number of rotatable bonds is 7. The summed E-state index contributed by atoms with van der Waals surface area (Å²) in [7, 11) is 0. The van der Waals surface area contributed by atoms with Crippen molar-refractivity contribution in [3.8, 4) is 0 Å². The van der Waals surface area contributed by atoms with E-state index in [0.717, 1.165) is 13.1 Å². The lowest BCUT2D eigenvalue weighted by Gasteiger charge is -2.31. The fourth-order valence-corrected chi connectivity index (χ4v) is 2.80. The van der Waals surface area contributed by atoms with E-state index in [-0.39, 0.29) is 5.54 Å². The van der Waals surface area contributed by atoms with Crippen LogP contribution in [0.3, 0.4) is 0 Å². The lowest BCUT2D eigenvalue weighted by atomic mass is 10.0. The zero-order valence-corrected chi connectivity index (χ0v) is 14.2. The highest BCUT2D eigenvalue weighted by molar-refractivity contribution is 5.22. The maximum atomic E-state index is 3.71. The summed E-state index contributed by atoms with van der Waals surface area (Å²) in [5.74, 6) is 0. The fraction of sp³-hybridized carbons (Fsp3) is 0.400. The normalized spacial score (nSPS) is 13.1. The van der Waals surface area contributed by atoms with E-state index in [4.69, 9.17) is 0 Å². The van der Waals surface area contributed by atoms with Crippen molar-refractivity contribution in [2.75, 3.05) is 6.54 Å². The summed E-state index contributed by atoms with van der Waals surface area (Å²) in [5, 5.41) is 7.27. The lowest BCUT2D eigenvalue weighted by molar-refractivity contribution is 0.330. The van der Waals surface area contributed by atoms with Crippen LogP contribution < -0.4 is 10.6 Å². The predicted octanol–water partition coefficient (Wildman–Crippen LogP) is 4.21. The van der Waals surface area contributed by atoms with E-state index in [9.17, 15) is 0 Å². The molecule has 0 bridgehead atoms. The van der Waals surface area contributed by atoms with Crippen molar-refractivity contribution in [2.45, 2.75) is 45.8 Å². The summed E-state index contributed by atoms with van der Waals surface area (Å²) in [6.45, 7) is 10.7. The molecule has 2 nitrogen and oxygen atoms in total. The maximum absolute atomic E-state index is 3.71. The molecule has 0 unspecified atom stereocenters. The van der Waals surface area contributed by atoms with Crippen molar-refractivity contribution in [3.05, 3.63) is 71.3 Å². The zero-order valence-electron chi connectivity index (χ0n) is 14.2. The van der Waals surface area contributed by atoms with E-state index in [1.54, 1.807) is 0 Å². The van der Waals surface area contributed by atoms with Gasteiger partial charge in [-0.2, -0.15) is 0 Å². The van der Waals surface area contributed by atoms with E-state index in [1.165, 1.54) is 16.7 Å². The highest BCUT2D eigenvalue weighted by Gasteiger charge is 2.20. The van der Waals surface area contributed by atoms with Gasteiger partial charge < -0.3 is 10.6 Å². The van der Waals surface area contributed by atoms with Gasteiger partial charge in [0.1, 0.15) is 0 Å². The molecule has 0 aliphatic rings. The van der Waals surface area contributed by atoms with Crippen molar-refractivity contribution in [2.24, 2.45) is 0 Å². The fourth-order valence-electron chi connectivity index (χ4n) is 2.80. The molecule has 2 heteroatoms. The van der Waals surface area contributed by atoms with Crippen LogP contribution in [0.25, 0.3) is 0 Å². The van der Waals surface area contributed by atoms with Gasteiger partial charge in [0.2, 0.25) is 0 Å². The first-order valence-electron chi connectivity index (χ1n) is 8.05. The van der Waals surface area contributed by atoms with E-state index < -0.39 is 0 Å². The standard InChI is InChI=1S/C20H28N2/c1-16-9-8-10-18(13-16)14-21-15-20(3,4)22-17(2)19-11-6-5-7-12-19/h5-13,17,21-22H,14-15H2,1-4H3/t17-/m0/s1. The molecule has 118 valence electrons. The third-order valence-electron chi connectivity index (χ3n) is 3.89. The Balaban J connectivity index is 1.83. The van der Waals surface area contributed by atoms with Crippen LogP contribution in [0.15, 0.2) is 54.6 Å². The SMILES string of the molecule is Cc1cccc(CNCC(C)(C)N[C@@H](C)c2ccccc2)c1. The maximum Gasteiger partial charge on any atom is 0.0297 e. The molecular formula is C20H28N2. The first-order valence-corrected chi connectivity index (χ1v) is 8.05. The number of hydrogen-bond acceptors (Lipinski definition) is 2. The molecule has 0 aromatic heterocycles. The third-order valence-corrected chi connectivity index (χ3v) is 3.89. The van der Waals surface area contributed by atoms with Gasteiger partial charge in [-0.15, -0.1) is 0 Å². The Hall–Kier alpha value is -1.64. The van der Waals surface area contributed by atoms with Crippen molar-refractivity contribution >= 4 is 0 Å². The van der Waals surface area contributed by atoms with Gasteiger partial charge in [-0.1, -0.05) is 60.2 Å². The summed E-state index contributed by atoms with van der Waals surface area (Å²) in [4.78, 5) is 0. The van der Waals surface area contributed by atoms with E-state index in [1.807, 2.05) is 0 Å². The van der Waals surface area contributed by atoms with Gasteiger partial charge in [0.25, 0.3) is 0 Å². The average molecular weight is 296 g/mol. The second-order valence-corrected chi connectivity index (χ2v) is 6.75. The van der Waals surface area contributed by atoms with Gasteiger partial charge in [-0.3, -0.25) is 0 Å². The molecular weight excluding hydrogens is 268 g/mol. The molecule has 0 saturated heterocycles. The van der Waals surface area contributed by atoms with Crippen molar-refractivity contribution in [1.29, 1.82) is 0 Å². The second-order valence-electron chi connectivity index (χ2n) is 6.75. The van der Waals surface area contributed by atoms with Crippen LogP contribution in [0.2, 0.25) is 0 Å². The quantitative estimate of drug-likeness (QED) is 0.799. The highest BCUT2D eigenvalue weighted by atomic mass is 15.0. The molecule has 0 aliphatic heterocycles. The molecule has 0 aliphatic carbocycles. The van der Waals surface area contributed by atoms with Crippen LogP contribution in [0.4, 0.5) is 0 Å². The Morgan fingerprint density at radius 2 is 1.73 bits per heavy atom. The molecule has 2 N–H and O–H groups in total. The van der Waals surface area contributed by atoms with E-state index in [2.05, 4.69) is 92.9 Å². The molecule has 2 rings (SSSR count). The summed E-state index contributed by atoms with van der Waals surface area (Å²) in [6.07, 6.45) is 0. The average Bonchev–Trinajstić information content (AvgIpc) is 2.47. The van der Waals surface area contributed by atoms with E-state index in [0.29, 0.717) is 6.04 Å². The minimum Gasteiger partial charge on any atom is -0.311 e. The Bertz CT molecular complexity index is 575. The first-order chi connectivity index (χ1) is 10.5. The van der Waals surface area contributed by atoms with Crippen LogP contribution in [0.1, 0.15) is 43.5 Å². The molecule has 2 aromatic carbocycles. The smallest absolute Gasteiger partial charge is 0.0297 e. The van der Waals surface area contributed by atoms with Crippen LogP contribution in [-0.2, 0) is 6.54 Å². The van der Waals surface area contributed by atoms with Gasteiger partial charge in [0.15, 0.2) is 0 Å². The molecule has 0 amide bonds. The Labute approximate surface area is 135 Å². The van der Waals surface area contributed by atoms with Gasteiger partial charge >= 0.3 is 0 Å². The molecule has 0 saturated carbocycles. The van der Waals surface area contributed by atoms with Crippen LogP contribution in [-0.4, -0.2) is 12.1 Å². The number of aryl methyl sites for hydroxylation is 1. The van der Waals surface area contributed by atoms with Gasteiger partial charge in [0, 0.05) is 24.7 Å². The van der Waals surface area contributed by atoms with Gasteiger partial charge in [0.05, 0.1) is 0 Å². The Kier molecular flexibility index (Phi) is 5.76. The van der Waals surface area contributed by atoms with Crippen molar-refractivity contribution < 1.29 is 0 Å². The van der Waals surface area contributed by atoms with Crippen molar-refractivity contribution in [3.63, 3.8) is 0 Å². The highest BCUT2D eigenvalue weighted by Crippen LogP contribution is 2.15. The largest absolute Gasteiger partial charge is 0.311 e. The minimum atomic E-state index is 0.0408. The second kappa shape index (κ2) is 7.57. The molecule has 22 heavy (non-hydrogen) atoms. The van der Waals surface area contributed by atoms with Crippen LogP contribution in [0.5, 0.6) is 0 Å². The monoisotopic (exact) mass is 296 g/mol. The summed E-state index contributed by atoms with van der Waals surface area (Å²) in [5.41, 5.74) is 4.02. The Morgan fingerprint density at radius 1 is 1.00 bits per heavy atom. The molecule has 0 fully saturated rings. The Morgan fingerprint density at radius 3 is 2.41 bits per heavy atom. The van der Waals surface area contributed by atoms with Crippen LogP contribution >= 0.6 is 0 Å². The topological polar surface area (TPSA) is 24.1 Å². The van der Waals surface area contributed by atoms with E-state index >= 15 is 0 Å². The molecule has 2 aromatic rings. The van der Waals surface area contributed by atoms with Crippen molar-refractivity contribution in [1.82, 2.24) is 10.6 Å². The molecule has 0 radical (unpaired) electrons. The lowest BCUT2D eigenvalue weighted by Crippen LogP contribution is -2.48.